The van der Waals surface area contributed by atoms with E-state index in [1.165, 1.54) is 0 Å². The van der Waals surface area contributed by atoms with Crippen molar-refractivity contribution in [3.8, 4) is 5.75 Å². The summed E-state index contributed by atoms with van der Waals surface area (Å²) < 4.78 is 0. The number of aliphatic hydroxyl groups excluding tert-OH is 1. The van der Waals surface area contributed by atoms with Gasteiger partial charge < -0.3 is 15.1 Å². The summed E-state index contributed by atoms with van der Waals surface area (Å²) in [6.07, 6.45) is 0. The average Bonchev–Trinajstić information content (AvgIpc) is 2.41. The van der Waals surface area contributed by atoms with E-state index in [0.29, 0.717) is 6.04 Å². The molecule has 1 saturated heterocycles. The lowest BCUT2D eigenvalue weighted by atomic mass is 10.0. The van der Waals surface area contributed by atoms with E-state index in [0.717, 1.165) is 31.7 Å². The molecule has 1 aliphatic heterocycles. The van der Waals surface area contributed by atoms with Gasteiger partial charge in [-0.05, 0) is 31.2 Å². The molecule has 1 aromatic carbocycles. The van der Waals surface area contributed by atoms with Crippen molar-refractivity contribution in [1.82, 2.24) is 9.80 Å². The maximum absolute atomic E-state index is 9.73. The van der Waals surface area contributed by atoms with Crippen LogP contribution in [0.5, 0.6) is 5.75 Å². The molecule has 0 aliphatic carbocycles. The zero-order chi connectivity index (χ0) is 13.8. The van der Waals surface area contributed by atoms with Crippen molar-refractivity contribution >= 4 is 0 Å². The molecule has 2 N–H and O–H groups in total. The van der Waals surface area contributed by atoms with E-state index in [1.807, 2.05) is 12.1 Å². The molecule has 0 radical (unpaired) electrons. The second-order valence-corrected chi connectivity index (χ2v) is 5.27. The predicted molar refractivity (Wildman–Crippen MR) is 76.2 cm³/mol. The average molecular weight is 264 g/mol. The lowest BCUT2D eigenvalue weighted by molar-refractivity contribution is 0.0270. The van der Waals surface area contributed by atoms with Gasteiger partial charge in [-0.1, -0.05) is 19.1 Å². The minimum atomic E-state index is -0.0268. The van der Waals surface area contributed by atoms with Gasteiger partial charge in [-0.2, -0.15) is 0 Å². The van der Waals surface area contributed by atoms with Gasteiger partial charge >= 0.3 is 0 Å². The maximum Gasteiger partial charge on any atom is 0.115 e. The molecule has 1 fully saturated rings. The third-order valence-electron chi connectivity index (χ3n) is 4.04. The zero-order valence-corrected chi connectivity index (χ0v) is 11.8. The third kappa shape index (κ3) is 3.26. The molecule has 19 heavy (non-hydrogen) atoms. The maximum atomic E-state index is 9.73. The van der Waals surface area contributed by atoms with Crippen LogP contribution in [-0.4, -0.2) is 58.8 Å². The van der Waals surface area contributed by atoms with Crippen LogP contribution in [0.3, 0.4) is 0 Å². The zero-order valence-electron chi connectivity index (χ0n) is 11.8. The molecular weight excluding hydrogens is 240 g/mol. The minimum absolute atomic E-state index is 0.0268. The van der Waals surface area contributed by atoms with Crippen LogP contribution in [0.1, 0.15) is 25.5 Å². The number of piperazine rings is 1. The molecule has 4 nitrogen and oxygen atoms in total. The second kappa shape index (κ2) is 6.37. The number of hydrogen-bond donors (Lipinski definition) is 2. The summed E-state index contributed by atoms with van der Waals surface area (Å²) in [5, 5.41) is 19.3. The fourth-order valence-electron chi connectivity index (χ4n) is 2.93. The van der Waals surface area contributed by atoms with E-state index in [1.54, 1.807) is 12.1 Å². The first-order valence-electron chi connectivity index (χ1n) is 7.03. The van der Waals surface area contributed by atoms with E-state index >= 15 is 0 Å². The van der Waals surface area contributed by atoms with Gasteiger partial charge in [-0.15, -0.1) is 0 Å². The van der Waals surface area contributed by atoms with Crippen molar-refractivity contribution in [2.45, 2.75) is 25.9 Å². The SMILES string of the molecule is CCN1CCN(C(CO)c2cccc(O)c2)C(C)C1. The van der Waals surface area contributed by atoms with Crippen molar-refractivity contribution in [1.29, 1.82) is 0 Å². The van der Waals surface area contributed by atoms with Crippen LogP contribution in [-0.2, 0) is 0 Å². The number of rotatable bonds is 4. The molecule has 4 heteroatoms. The van der Waals surface area contributed by atoms with E-state index in [2.05, 4.69) is 23.6 Å². The number of aromatic hydroxyl groups is 1. The van der Waals surface area contributed by atoms with Gasteiger partial charge in [0.1, 0.15) is 5.75 Å². The lowest BCUT2D eigenvalue weighted by Crippen LogP contribution is -2.53. The van der Waals surface area contributed by atoms with Crippen molar-refractivity contribution < 1.29 is 10.2 Å². The summed E-state index contributed by atoms with van der Waals surface area (Å²) in [7, 11) is 0. The molecule has 2 rings (SSSR count). The van der Waals surface area contributed by atoms with Gasteiger partial charge in [0.25, 0.3) is 0 Å². The van der Waals surface area contributed by atoms with Gasteiger partial charge in [-0.3, -0.25) is 4.90 Å². The summed E-state index contributed by atoms with van der Waals surface area (Å²) in [6.45, 7) is 8.57. The Morgan fingerprint density at radius 1 is 1.37 bits per heavy atom. The molecular formula is C15H24N2O2. The minimum Gasteiger partial charge on any atom is -0.508 e. The van der Waals surface area contributed by atoms with E-state index in [4.69, 9.17) is 0 Å². The molecule has 0 spiro atoms. The Bertz CT molecular complexity index is 411. The second-order valence-electron chi connectivity index (χ2n) is 5.27. The Morgan fingerprint density at radius 2 is 2.16 bits per heavy atom. The van der Waals surface area contributed by atoms with Crippen LogP contribution in [0.4, 0.5) is 0 Å². The molecule has 0 saturated carbocycles. The number of phenols is 1. The molecule has 0 aromatic heterocycles. The molecule has 106 valence electrons. The summed E-state index contributed by atoms with van der Waals surface area (Å²) in [5.74, 6) is 0.260. The predicted octanol–water partition coefficient (Wildman–Crippen LogP) is 1.45. The summed E-state index contributed by atoms with van der Waals surface area (Å²) >= 11 is 0. The topological polar surface area (TPSA) is 46.9 Å². The molecule has 1 aliphatic rings. The first-order valence-corrected chi connectivity index (χ1v) is 7.03. The van der Waals surface area contributed by atoms with E-state index in [-0.39, 0.29) is 18.4 Å². The van der Waals surface area contributed by atoms with Crippen molar-refractivity contribution in [3.63, 3.8) is 0 Å². The monoisotopic (exact) mass is 264 g/mol. The Kier molecular flexibility index (Phi) is 4.80. The largest absolute Gasteiger partial charge is 0.508 e. The fraction of sp³-hybridized carbons (Fsp3) is 0.600. The van der Waals surface area contributed by atoms with Crippen molar-refractivity contribution in [3.05, 3.63) is 29.8 Å². The van der Waals surface area contributed by atoms with Gasteiger partial charge in [0, 0.05) is 25.7 Å². The Labute approximate surface area is 115 Å². The Morgan fingerprint density at radius 3 is 2.74 bits per heavy atom. The summed E-state index contributed by atoms with van der Waals surface area (Å²) in [4.78, 5) is 4.76. The Balaban J connectivity index is 2.14. The quantitative estimate of drug-likeness (QED) is 0.864. The van der Waals surface area contributed by atoms with Crippen molar-refractivity contribution in [2.24, 2.45) is 0 Å². The smallest absolute Gasteiger partial charge is 0.115 e. The van der Waals surface area contributed by atoms with E-state index in [9.17, 15) is 10.2 Å². The van der Waals surface area contributed by atoms with Crippen LogP contribution < -0.4 is 0 Å². The number of phenolic OH excluding ortho intramolecular Hbond substituents is 1. The van der Waals surface area contributed by atoms with Gasteiger partial charge in [-0.25, -0.2) is 0 Å². The molecule has 2 atom stereocenters. The highest BCUT2D eigenvalue weighted by Crippen LogP contribution is 2.27. The summed E-state index contributed by atoms with van der Waals surface area (Å²) in [6, 6.07) is 7.60. The highest BCUT2D eigenvalue weighted by atomic mass is 16.3. The molecule has 0 bridgehead atoms. The first-order chi connectivity index (χ1) is 9.15. The Hall–Kier alpha value is -1.10. The van der Waals surface area contributed by atoms with Gasteiger partial charge in [0.05, 0.1) is 12.6 Å². The van der Waals surface area contributed by atoms with Crippen LogP contribution >= 0.6 is 0 Å². The number of hydrogen-bond acceptors (Lipinski definition) is 4. The standard InChI is InChI=1S/C15H24N2O2/c1-3-16-7-8-17(12(2)10-16)15(11-18)13-5-4-6-14(19)9-13/h4-6,9,12,15,18-19H,3,7-8,10-11H2,1-2H3. The van der Waals surface area contributed by atoms with Crippen LogP contribution in [0.25, 0.3) is 0 Å². The lowest BCUT2D eigenvalue weighted by Gasteiger charge is -2.43. The van der Waals surface area contributed by atoms with Gasteiger partial charge in [0.2, 0.25) is 0 Å². The third-order valence-corrected chi connectivity index (χ3v) is 4.04. The van der Waals surface area contributed by atoms with Crippen LogP contribution in [0.2, 0.25) is 0 Å². The van der Waals surface area contributed by atoms with E-state index < -0.39 is 0 Å². The molecule has 1 heterocycles. The van der Waals surface area contributed by atoms with Crippen LogP contribution in [0.15, 0.2) is 24.3 Å². The van der Waals surface area contributed by atoms with Crippen molar-refractivity contribution in [2.75, 3.05) is 32.8 Å². The number of likely N-dealkylation sites (N-methyl/N-ethyl adjacent to an activating group) is 1. The number of benzene rings is 1. The summed E-state index contributed by atoms with van der Waals surface area (Å²) in [5.41, 5.74) is 0.985. The number of nitrogens with zero attached hydrogens (tertiary/aromatic N) is 2. The van der Waals surface area contributed by atoms with Crippen LogP contribution in [0, 0.1) is 0 Å². The number of aliphatic hydroxyl groups is 1. The highest BCUT2D eigenvalue weighted by Gasteiger charge is 2.29. The van der Waals surface area contributed by atoms with Gasteiger partial charge in [0.15, 0.2) is 0 Å². The normalized spacial score (nSPS) is 23.4. The molecule has 1 aromatic rings. The first kappa shape index (κ1) is 14.3. The highest BCUT2D eigenvalue weighted by molar-refractivity contribution is 5.29. The molecule has 0 amide bonds. The molecule has 2 unspecified atom stereocenters. The fourth-order valence-corrected chi connectivity index (χ4v) is 2.93.